The molecule has 2 fully saturated rings. The number of rotatable bonds is 3. The van der Waals surface area contributed by atoms with E-state index in [1.54, 1.807) is 0 Å². The number of nitrogens with one attached hydrogen (secondary N) is 1. The molecule has 0 radical (unpaired) electrons. The summed E-state index contributed by atoms with van der Waals surface area (Å²) < 4.78 is 5.45. The maximum absolute atomic E-state index is 12.7. The van der Waals surface area contributed by atoms with Gasteiger partial charge in [0.1, 0.15) is 6.33 Å². The predicted molar refractivity (Wildman–Crippen MR) is 95.0 cm³/mol. The molecule has 0 unspecified atom stereocenters. The van der Waals surface area contributed by atoms with Crippen molar-refractivity contribution in [1.29, 1.82) is 0 Å². The van der Waals surface area contributed by atoms with E-state index in [0.717, 1.165) is 45.6 Å². The Hall–Kier alpha value is -2.94. The van der Waals surface area contributed by atoms with Gasteiger partial charge in [-0.05, 0) is 24.7 Å². The summed E-state index contributed by atoms with van der Waals surface area (Å²) in [4.78, 5) is 42.4. The molecule has 2 saturated heterocycles. The van der Waals surface area contributed by atoms with Gasteiger partial charge in [0.25, 0.3) is 11.8 Å². The fourth-order valence-electron chi connectivity index (χ4n) is 3.60. The molecular formula is C18H20N6O3. The van der Waals surface area contributed by atoms with Crippen molar-refractivity contribution in [3.8, 4) is 0 Å². The minimum Gasteiger partial charge on any atom is -0.381 e. The molecule has 0 bridgehead atoms. The fraction of sp³-hybridized carbons (Fsp3) is 0.444. The first-order valence-corrected chi connectivity index (χ1v) is 8.91. The van der Waals surface area contributed by atoms with Gasteiger partial charge in [0, 0.05) is 51.1 Å². The lowest BCUT2D eigenvalue weighted by Gasteiger charge is -2.33. The average Bonchev–Trinajstić information content (AvgIpc) is 3.12. The Morgan fingerprint density at radius 1 is 1.00 bits per heavy atom. The van der Waals surface area contributed by atoms with Crippen molar-refractivity contribution in [2.24, 2.45) is 5.41 Å². The minimum atomic E-state index is -0.407. The van der Waals surface area contributed by atoms with Gasteiger partial charge in [-0.1, -0.05) is 0 Å². The van der Waals surface area contributed by atoms with Gasteiger partial charge in [-0.25, -0.2) is 19.9 Å². The number of amides is 2. The van der Waals surface area contributed by atoms with Gasteiger partial charge in [0.05, 0.1) is 11.1 Å². The van der Waals surface area contributed by atoms with Crippen molar-refractivity contribution in [2.45, 2.75) is 19.3 Å². The van der Waals surface area contributed by atoms with E-state index in [1.807, 2.05) is 4.90 Å². The summed E-state index contributed by atoms with van der Waals surface area (Å²) in [6.45, 7) is 3.03. The quantitative estimate of drug-likeness (QED) is 0.865. The van der Waals surface area contributed by atoms with E-state index in [1.165, 1.54) is 31.1 Å². The van der Waals surface area contributed by atoms with Crippen molar-refractivity contribution < 1.29 is 14.3 Å². The molecule has 0 aromatic carbocycles. The molecule has 140 valence electrons. The van der Waals surface area contributed by atoms with Crippen molar-refractivity contribution >= 4 is 17.8 Å². The Labute approximate surface area is 156 Å². The summed E-state index contributed by atoms with van der Waals surface area (Å²) in [5.41, 5.74) is 0.917. The molecule has 0 aliphatic carbocycles. The maximum atomic E-state index is 12.7. The molecule has 2 aliphatic heterocycles. The van der Waals surface area contributed by atoms with Crippen LogP contribution in [0.15, 0.2) is 31.1 Å². The topological polar surface area (TPSA) is 110 Å². The fourth-order valence-corrected chi connectivity index (χ4v) is 3.60. The molecule has 2 aliphatic rings. The lowest BCUT2D eigenvalue weighted by molar-refractivity contribution is 0.0191. The number of anilines is 1. The number of likely N-dealkylation sites (tertiary alicyclic amines) is 1. The minimum absolute atomic E-state index is 0.0762. The Morgan fingerprint density at radius 3 is 2.41 bits per heavy atom. The largest absolute Gasteiger partial charge is 0.381 e. The first kappa shape index (κ1) is 17.5. The van der Waals surface area contributed by atoms with Crippen molar-refractivity contribution in [3.05, 3.63) is 42.2 Å². The van der Waals surface area contributed by atoms with E-state index in [2.05, 4.69) is 25.3 Å². The molecule has 2 aromatic rings. The third kappa shape index (κ3) is 3.77. The summed E-state index contributed by atoms with van der Waals surface area (Å²) in [7, 11) is 0. The van der Waals surface area contributed by atoms with E-state index in [-0.39, 0.29) is 17.3 Å². The van der Waals surface area contributed by atoms with Crippen LogP contribution in [0.25, 0.3) is 0 Å². The molecule has 9 heteroatoms. The summed E-state index contributed by atoms with van der Waals surface area (Å²) in [5, 5.41) is 2.56. The molecule has 2 aromatic heterocycles. The molecule has 2 amide bonds. The van der Waals surface area contributed by atoms with Gasteiger partial charge in [-0.15, -0.1) is 0 Å². The second kappa shape index (κ2) is 7.36. The van der Waals surface area contributed by atoms with E-state index in [4.69, 9.17) is 4.74 Å². The first-order valence-electron chi connectivity index (χ1n) is 8.91. The molecule has 27 heavy (non-hydrogen) atoms. The molecule has 0 saturated carbocycles. The third-order valence-electron chi connectivity index (χ3n) is 5.23. The summed E-state index contributed by atoms with van der Waals surface area (Å²) in [5.74, 6) is -0.355. The first-order chi connectivity index (χ1) is 13.2. The van der Waals surface area contributed by atoms with Crippen LogP contribution in [-0.4, -0.2) is 63.0 Å². The van der Waals surface area contributed by atoms with Crippen LogP contribution in [0.5, 0.6) is 0 Å². The average molecular weight is 368 g/mol. The second-order valence-corrected chi connectivity index (χ2v) is 6.97. The van der Waals surface area contributed by atoms with Crippen LogP contribution >= 0.6 is 0 Å². The van der Waals surface area contributed by atoms with Gasteiger partial charge < -0.3 is 9.64 Å². The molecule has 1 spiro atoms. The van der Waals surface area contributed by atoms with Crippen molar-refractivity contribution in [1.82, 2.24) is 24.8 Å². The van der Waals surface area contributed by atoms with Gasteiger partial charge in [0.2, 0.25) is 5.95 Å². The number of nitrogens with zero attached hydrogens (tertiary/aromatic N) is 5. The van der Waals surface area contributed by atoms with Gasteiger partial charge in [0.15, 0.2) is 0 Å². The molecule has 1 N–H and O–H groups in total. The van der Waals surface area contributed by atoms with Crippen LogP contribution in [0.2, 0.25) is 0 Å². The zero-order valence-electron chi connectivity index (χ0n) is 14.8. The van der Waals surface area contributed by atoms with Crippen LogP contribution in [-0.2, 0) is 4.74 Å². The summed E-state index contributed by atoms with van der Waals surface area (Å²) in [6.07, 6.45) is 10.1. The smallest absolute Gasteiger partial charge is 0.261 e. The second-order valence-electron chi connectivity index (χ2n) is 6.97. The van der Waals surface area contributed by atoms with Crippen LogP contribution in [0, 0.1) is 5.41 Å². The van der Waals surface area contributed by atoms with Crippen LogP contribution < -0.4 is 5.32 Å². The highest BCUT2D eigenvalue weighted by atomic mass is 16.5. The number of hydrogen-bond acceptors (Lipinski definition) is 7. The normalized spacial score (nSPS) is 18.4. The van der Waals surface area contributed by atoms with E-state index >= 15 is 0 Å². The van der Waals surface area contributed by atoms with E-state index in [0.29, 0.717) is 11.1 Å². The highest BCUT2D eigenvalue weighted by Crippen LogP contribution is 2.40. The lowest BCUT2D eigenvalue weighted by atomic mass is 9.80. The van der Waals surface area contributed by atoms with Gasteiger partial charge in [-0.2, -0.15) is 0 Å². The molecule has 4 rings (SSSR count). The number of carbonyl (C=O) groups excluding carboxylic acids is 2. The van der Waals surface area contributed by atoms with Crippen molar-refractivity contribution in [2.75, 3.05) is 31.6 Å². The van der Waals surface area contributed by atoms with Crippen LogP contribution in [0.3, 0.4) is 0 Å². The number of hydrogen-bond donors (Lipinski definition) is 1. The third-order valence-corrected chi connectivity index (χ3v) is 5.23. The van der Waals surface area contributed by atoms with Gasteiger partial charge >= 0.3 is 0 Å². The standard InChI is InChI=1S/C18H20N6O3/c25-15(13-7-19-12-20-8-13)23-17-21-9-14(10-22-17)16(26)24-4-1-18(11-24)2-5-27-6-3-18/h7-10,12H,1-6,11H2,(H,21,22,23,25). The Bertz CT molecular complexity index is 821. The Balaban J connectivity index is 1.39. The zero-order valence-corrected chi connectivity index (χ0v) is 14.8. The molecule has 9 nitrogen and oxygen atoms in total. The van der Waals surface area contributed by atoms with Gasteiger partial charge in [-0.3, -0.25) is 14.9 Å². The predicted octanol–water partition coefficient (Wildman–Crippen LogP) is 1.16. The van der Waals surface area contributed by atoms with E-state index < -0.39 is 5.91 Å². The van der Waals surface area contributed by atoms with E-state index in [9.17, 15) is 9.59 Å². The van der Waals surface area contributed by atoms with Crippen LogP contribution in [0.4, 0.5) is 5.95 Å². The number of carbonyl (C=O) groups is 2. The summed E-state index contributed by atoms with van der Waals surface area (Å²) in [6, 6.07) is 0. The highest BCUT2D eigenvalue weighted by molar-refractivity contribution is 6.03. The number of ether oxygens (including phenoxy) is 1. The molecule has 4 heterocycles. The Morgan fingerprint density at radius 2 is 1.70 bits per heavy atom. The van der Waals surface area contributed by atoms with Crippen LogP contribution in [0.1, 0.15) is 40.0 Å². The molecular weight excluding hydrogens is 348 g/mol. The lowest BCUT2D eigenvalue weighted by Crippen LogP contribution is -2.35. The zero-order chi connectivity index (χ0) is 18.7. The molecule has 0 atom stereocenters. The monoisotopic (exact) mass is 368 g/mol. The maximum Gasteiger partial charge on any atom is 0.261 e. The highest BCUT2D eigenvalue weighted by Gasteiger charge is 2.41. The SMILES string of the molecule is O=C(Nc1ncc(C(=O)N2CCC3(CCOCC3)C2)cn1)c1cncnc1. The van der Waals surface area contributed by atoms with Crippen molar-refractivity contribution in [3.63, 3.8) is 0 Å². The number of aromatic nitrogens is 4. The summed E-state index contributed by atoms with van der Waals surface area (Å²) >= 11 is 0. The Kier molecular flexibility index (Phi) is 4.76.